The molecule has 5 nitrogen and oxygen atoms in total. The topological polar surface area (TPSA) is 75.6 Å². The minimum absolute atomic E-state index is 0.136. The molecule has 0 radical (unpaired) electrons. The highest BCUT2D eigenvalue weighted by molar-refractivity contribution is 9.10. The molecule has 0 aliphatic carbocycles. The van der Waals surface area contributed by atoms with Gasteiger partial charge in [0.25, 0.3) is 0 Å². The minimum Gasteiger partial charge on any atom is -0.481 e. The Morgan fingerprint density at radius 1 is 1.35 bits per heavy atom. The van der Waals surface area contributed by atoms with Crippen LogP contribution in [0.15, 0.2) is 40.9 Å². The van der Waals surface area contributed by atoms with Gasteiger partial charge in [-0.15, -0.1) is 11.3 Å². The number of ether oxygens (including phenoxy) is 1. The average molecular weight is 398 g/mol. The van der Waals surface area contributed by atoms with Crippen molar-refractivity contribution in [3.05, 3.63) is 56.2 Å². The molecule has 1 atom stereocenters. The van der Waals surface area contributed by atoms with E-state index in [-0.39, 0.29) is 13.0 Å². The molecule has 0 saturated carbocycles. The third-order valence-electron chi connectivity index (χ3n) is 3.04. The lowest BCUT2D eigenvalue weighted by Crippen LogP contribution is -2.30. The van der Waals surface area contributed by atoms with E-state index < -0.39 is 18.1 Å². The molecule has 1 aromatic carbocycles. The van der Waals surface area contributed by atoms with Gasteiger partial charge in [0.15, 0.2) is 0 Å². The largest absolute Gasteiger partial charge is 0.481 e. The second kappa shape index (κ2) is 8.12. The van der Waals surface area contributed by atoms with Gasteiger partial charge in [0.1, 0.15) is 6.61 Å². The smallest absolute Gasteiger partial charge is 0.407 e. The van der Waals surface area contributed by atoms with Crippen LogP contribution in [0.25, 0.3) is 0 Å². The van der Waals surface area contributed by atoms with Crippen LogP contribution in [0.3, 0.4) is 0 Å². The third-order valence-corrected chi connectivity index (χ3v) is 5.12. The monoisotopic (exact) mass is 397 g/mol. The number of hydrogen-bond acceptors (Lipinski definition) is 4. The number of thiophene rings is 1. The van der Waals surface area contributed by atoms with Crippen molar-refractivity contribution in [3.8, 4) is 0 Å². The number of carbonyl (C=O) groups excluding carboxylic acids is 1. The van der Waals surface area contributed by atoms with Crippen LogP contribution in [-0.4, -0.2) is 17.2 Å². The van der Waals surface area contributed by atoms with E-state index in [1.54, 1.807) is 0 Å². The Hall–Kier alpha value is -1.86. The van der Waals surface area contributed by atoms with Crippen LogP contribution in [0, 0.1) is 6.92 Å². The lowest BCUT2D eigenvalue weighted by molar-refractivity contribution is -0.137. The number of hydrogen-bond donors (Lipinski definition) is 2. The molecule has 1 amide bonds. The Balaban J connectivity index is 2.01. The van der Waals surface area contributed by atoms with Crippen LogP contribution in [0.1, 0.15) is 27.8 Å². The summed E-state index contributed by atoms with van der Waals surface area (Å²) in [6, 6.07) is 10.5. The van der Waals surface area contributed by atoms with E-state index in [0.29, 0.717) is 0 Å². The summed E-state index contributed by atoms with van der Waals surface area (Å²) in [6.07, 6.45) is -0.850. The van der Waals surface area contributed by atoms with Gasteiger partial charge >= 0.3 is 12.1 Å². The van der Waals surface area contributed by atoms with E-state index in [9.17, 15) is 9.59 Å². The second-order valence-corrected chi connectivity index (χ2v) is 7.07. The molecule has 0 aliphatic heterocycles. The van der Waals surface area contributed by atoms with E-state index in [1.165, 1.54) is 11.3 Å². The number of benzene rings is 1. The van der Waals surface area contributed by atoms with Crippen LogP contribution >= 0.6 is 27.3 Å². The number of nitrogens with one attached hydrogen (secondary N) is 1. The maximum absolute atomic E-state index is 12.0. The molecule has 2 N–H and O–H groups in total. The number of carboxylic acids is 1. The number of aliphatic carboxylic acids is 1. The highest BCUT2D eigenvalue weighted by Gasteiger charge is 2.23. The van der Waals surface area contributed by atoms with E-state index in [1.807, 2.05) is 43.3 Å². The second-order valence-electron chi connectivity index (χ2n) is 4.93. The van der Waals surface area contributed by atoms with Gasteiger partial charge in [0.05, 0.1) is 12.5 Å². The highest BCUT2D eigenvalue weighted by Crippen LogP contribution is 2.33. The normalized spacial score (nSPS) is 11.7. The first-order valence-electron chi connectivity index (χ1n) is 6.90. The van der Waals surface area contributed by atoms with Crippen molar-refractivity contribution < 1.29 is 19.4 Å². The summed E-state index contributed by atoms with van der Waals surface area (Å²) < 4.78 is 5.94. The molecule has 0 aliphatic rings. The van der Waals surface area contributed by atoms with Gasteiger partial charge < -0.3 is 15.2 Å². The summed E-state index contributed by atoms with van der Waals surface area (Å²) in [4.78, 5) is 24.8. The van der Waals surface area contributed by atoms with Crippen LogP contribution in [0.5, 0.6) is 0 Å². The molecule has 0 bridgehead atoms. The maximum atomic E-state index is 12.0. The minimum atomic E-state index is -0.990. The predicted molar refractivity (Wildman–Crippen MR) is 91.5 cm³/mol. The molecule has 0 fully saturated rings. The van der Waals surface area contributed by atoms with Crippen LogP contribution in [-0.2, 0) is 16.1 Å². The molecule has 2 aromatic rings. The van der Waals surface area contributed by atoms with Crippen LogP contribution in [0.4, 0.5) is 4.79 Å². The average Bonchev–Trinajstić information content (AvgIpc) is 2.84. The SMILES string of the molecule is Cc1cc(Br)c([C@H](CC(=O)O)NC(=O)OCc2ccccc2)s1. The lowest BCUT2D eigenvalue weighted by atomic mass is 10.2. The molecule has 122 valence electrons. The fraction of sp³-hybridized carbons (Fsp3) is 0.250. The van der Waals surface area contributed by atoms with Crippen molar-refractivity contribution in [1.82, 2.24) is 5.32 Å². The summed E-state index contributed by atoms with van der Waals surface area (Å²) in [5.41, 5.74) is 0.866. The maximum Gasteiger partial charge on any atom is 0.407 e. The molecule has 7 heteroatoms. The summed E-state index contributed by atoms with van der Waals surface area (Å²) in [5.74, 6) is -0.990. The van der Waals surface area contributed by atoms with Crippen LogP contribution < -0.4 is 5.32 Å². The first-order valence-corrected chi connectivity index (χ1v) is 8.51. The van der Waals surface area contributed by atoms with Gasteiger partial charge in [-0.2, -0.15) is 0 Å². The van der Waals surface area contributed by atoms with Crippen molar-refractivity contribution in [2.45, 2.75) is 26.0 Å². The summed E-state index contributed by atoms with van der Waals surface area (Å²) in [5, 5.41) is 11.7. The zero-order chi connectivity index (χ0) is 16.8. The number of carboxylic acid groups (broad SMARTS) is 1. The lowest BCUT2D eigenvalue weighted by Gasteiger charge is -2.16. The number of aryl methyl sites for hydroxylation is 1. The van der Waals surface area contributed by atoms with Crippen molar-refractivity contribution in [2.75, 3.05) is 0 Å². The molecule has 0 saturated heterocycles. The molecular formula is C16H16BrNO4S. The Morgan fingerprint density at radius 3 is 2.61 bits per heavy atom. The quantitative estimate of drug-likeness (QED) is 0.763. The fourth-order valence-electron chi connectivity index (χ4n) is 2.03. The van der Waals surface area contributed by atoms with Crippen molar-refractivity contribution >= 4 is 39.3 Å². The van der Waals surface area contributed by atoms with E-state index in [4.69, 9.17) is 9.84 Å². The molecule has 2 rings (SSSR count). The Kier molecular flexibility index (Phi) is 6.18. The molecule has 23 heavy (non-hydrogen) atoms. The zero-order valence-electron chi connectivity index (χ0n) is 12.4. The first-order chi connectivity index (χ1) is 11.0. The van der Waals surface area contributed by atoms with Crippen molar-refractivity contribution in [2.24, 2.45) is 0 Å². The number of rotatable bonds is 6. The van der Waals surface area contributed by atoms with Crippen LogP contribution in [0.2, 0.25) is 0 Å². The standard InChI is InChI=1S/C16H16BrNO4S/c1-10-7-12(17)15(23-10)13(8-14(19)20)18-16(21)22-9-11-5-3-2-4-6-11/h2-7,13H,8-9H2,1H3,(H,18,21)(H,19,20)/t13-/m0/s1. The predicted octanol–water partition coefficient (Wildman–Crippen LogP) is 4.26. The fourth-order valence-corrected chi connectivity index (χ4v) is 4.01. The molecule has 1 heterocycles. The molecular weight excluding hydrogens is 382 g/mol. The number of carbonyl (C=O) groups is 2. The number of alkyl carbamates (subject to hydrolysis) is 1. The van der Waals surface area contributed by atoms with Gasteiger partial charge in [0.2, 0.25) is 0 Å². The first kappa shape index (κ1) is 17.5. The number of halogens is 1. The Bertz CT molecular complexity index is 687. The summed E-state index contributed by atoms with van der Waals surface area (Å²) in [7, 11) is 0. The summed E-state index contributed by atoms with van der Waals surface area (Å²) in [6.45, 7) is 2.06. The van der Waals surface area contributed by atoms with Gasteiger partial charge in [-0.05, 0) is 34.5 Å². The Labute approximate surface area is 146 Å². The Morgan fingerprint density at radius 2 is 2.04 bits per heavy atom. The van der Waals surface area contributed by atoms with E-state index in [0.717, 1.165) is 19.8 Å². The van der Waals surface area contributed by atoms with E-state index >= 15 is 0 Å². The molecule has 1 aromatic heterocycles. The van der Waals surface area contributed by atoms with Crippen molar-refractivity contribution in [3.63, 3.8) is 0 Å². The summed E-state index contributed by atoms with van der Waals surface area (Å²) >= 11 is 4.84. The highest BCUT2D eigenvalue weighted by atomic mass is 79.9. The van der Waals surface area contributed by atoms with Gasteiger partial charge in [-0.1, -0.05) is 30.3 Å². The third kappa shape index (κ3) is 5.37. The number of amides is 1. The zero-order valence-corrected chi connectivity index (χ0v) is 14.8. The van der Waals surface area contributed by atoms with Gasteiger partial charge in [-0.3, -0.25) is 4.79 Å². The van der Waals surface area contributed by atoms with Gasteiger partial charge in [0, 0.05) is 14.2 Å². The molecule has 0 unspecified atom stereocenters. The molecule has 0 spiro atoms. The van der Waals surface area contributed by atoms with Gasteiger partial charge in [-0.25, -0.2) is 4.79 Å². The van der Waals surface area contributed by atoms with Crippen molar-refractivity contribution in [1.29, 1.82) is 0 Å². The van der Waals surface area contributed by atoms with E-state index in [2.05, 4.69) is 21.2 Å².